The largest absolute Gasteiger partial charge is 0.290 e. The highest BCUT2D eigenvalue weighted by atomic mass is 32.1. The van der Waals surface area contributed by atoms with Crippen LogP contribution in [0.1, 0.15) is 5.56 Å². The van der Waals surface area contributed by atoms with Crippen molar-refractivity contribution in [3.63, 3.8) is 0 Å². The Hall–Kier alpha value is -1.00. The molecule has 0 saturated carbocycles. The van der Waals surface area contributed by atoms with Crippen molar-refractivity contribution in [2.24, 2.45) is 0 Å². The van der Waals surface area contributed by atoms with Crippen LogP contribution in [0.3, 0.4) is 0 Å². The SMILES string of the molecule is FCNCCc1csc2ncccc12. The number of pyridine rings is 1. The number of halogens is 1. The first-order chi connectivity index (χ1) is 6.92. The molecule has 2 rings (SSSR count). The topological polar surface area (TPSA) is 24.9 Å². The normalized spacial score (nSPS) is 10.9. The van der Waals surface area contributed by atoms with E-state index in [0.29, 0.717) is 6.54 Å². The first kappa shape index (κ1) is 9.55. The van der Waals surface area contributed by atoms with Crippen molar-refractivity contribution in [2.75, 3.05) is 13.3 Å². The highest BCUT2D eigenvalue weighted by Crippen LogP contribution is 2.23. The average molecular weight is 210 g/mol. The number of thiophene rings is 1. The van der Waals surface area contributed by atoms with Crippen LogP contribution in [0.5, 0.6) is 0 Å². The Kier molecular flexibility index (Phi) is 3.06. The van der Waals surface area contributed by atoms with Gasteiger partial charge in [0, 0.05) is 18.1 Å². The van der Waals surface area contributed by atoms with Crippen molar-refractivity contribution in [3.8, 4) is 0 Å². The molecule has 0 aromatic carbocycles. The fourth-order valence-corrected chi connectivity index (χ4v) is 2.35. The van der Waals surface area contributed by atoms with E-state index in [9.17, 15) is 4.39 Å². The number of aromatic nitrogens is 1. The minimum Gasteiger partial charge on any atom is -0.290 e. The van der Waals surface area contributed by atoms with E-state index in [-0.39, 0.29) is 0 Å². The van der Waals surface area contributed by atoms with Crippen LogP contribution in [0.25, 0.3) is 10.2 Å². The summed E-state index contributed by atoms with van der Waals surface area (Å²) in [4.78, 5) is 5.31. The lowest BCUT2D eigenvalue weighted by atomic mass is 10.1. The van der Waals surface area contributed by atoms with Crippen molar-refractivity contribution in [1.29, 1.82) is 0 Å². The van der Waals surface area contributed by atoms with Crippen LogP contribution in [0.4, 0.5) is 4.39 Å². The molecule has 0 amide bonds. The summed E-state index contributed by atoms with van der Waals surface area (Å²) in [5.41, 5.74) is 1.25. The number of hydrogen-bond donors (Lipinski definition) is 1. The van der Waals surface area contributed by atoms with Crippen molar-refractivity contribution in [1.82, 2.24) is 10.3 Å². The minimum atomic E-state index is -0.458. The van der Waals surface area contributed by atoms with Crippen LogP contribution in [0, 0.1) is 0 Å². The number of alkyl halides is 1. The number of fused-ring (bicyclic) bond motifs is 1. The lowest BCUT2D eigenvalue weighted by Crippen LogP contribution is -2.15. The van der Waals surface area contributed by atoms with Gasteiger partial charge in [-0.3, -0.25) is 5.32 Å². The maximum Gasteiger partial charge on any atom is 0.140 e. The van der Waals surface area contributed by atoms with Gasteiger partial charge < -0.3 is 0 Å². The zero-order valence-corrected chi connectivity index (χ0v) is 8.48. The summed E-state index contributed by atoms with van der Waals surface area (Å²) in [6, 6.07) is 3.99. The molecule has 0 fully saturated rings. The van der Waals surface area contributed by atoms with Gasteiger partial charge in [-0.05, 0) is 23.4 Å². The molecule has 0 aliphatic heterocycles. The summed E-state index contributed by atoms with van der Waals surface area (Å²) in [7, 11) is 0. The predicted octanol–water partition coefficient (Wildman–Crippen LogP) is 2.36. The second-order valence-electron chi connectivity index (χ2n) is 3.00. The molecule has 0 unspecified atom stereocenters. The molecule has 0 saturated heterocycles. The molecule has 0 atom stereocenters. The van der Waals surface area contributed by atoms with Gasteiger partial charge >= 0.3 is 0 Å². The van der Waals surface area contributed by atoms with Crippen molar-refractivity contribution >= 4 is 21.6 Å². The smallest absolute Gasteiger partial charge is 0.140 e. The van der Waals surface area contributed by atoms with Gasteiger partial charge in [-0.2, -0.15) is 0 Å². The number of hydrogen-bond acceptors (Lipinski definition) is 3. The van der Waals surface area contributed by atoms with E-state index in [1.807, 2.05) is 6.07 Å². The maximum absolute atomic E-state index is 11.8. The Labute approximate surface area is 85.8 Å². The molecule has 4 heteroatoms. The molecule has 0 aliphatic rings. The van der Waals surface area contributed by atoms with E-state index >= 15 is 0 Å². The van der Waals surface area contributed by atoms with Gasteiger partial charge in [-0.25, -0.2) is 9.37 Å². The van der Waals surface area contributed by atoms with Gasteiger partial charge in [0.05, 0.1) is 0 Å². The fraction of sp³-hybridized carbons (Fsp3) is 0.300. The maximum atomic E-state index is 11.8. The Bertz CT molecular complexity index is 413. The molecular formula is C10H11FN2S. The molecule has 1 N–H and O–H groups in total. The highest BCUT2D eigenvalue weighted by Gasteiger charge is 2.02. The Morgan fingerprint density at radius 3 is 3.29 bits per heavy atom. The molecule has 2 nitrogen and oxygen atoms in total. The summed E-state index contributed by atoms with van der Waals surface area (Å²) < 4.78 is 11.8. The van der Waals surface area contributed by atoms with Crippen molar-refractivity contribution < 1.29 is 4.39 Å². The standard InChI is InChI=1S/C10H11FN2S/c11-7-12-5-3-8-6-14-10-9(8)2-1-4-13-10/h1-2,4,6,12H,3,5,7H2. The van der Waals surface area contributed by atoms with E-state index in [0.717, 1.165) is 11.3 Å². The van der Waals surface area contributed by atoms with E-state index in [2.05, 4.69) is 21.7 Å². The summed E-state index contributed by atoms with van der Waals surface area (Å²) in [5.74, 6) is 0. The summed E-state index contributed by atoms with van der Waals surface area (Å²) in [6.07, 6.45) is 2.65. The average Bonchev–Trinajstić information content (AvgIpc) is 2.63. The van der Waals surface area contributed by atoms with Gasteiger partial charge in [0.2, 0.25) is 0 Å². The van der Waals surface area contributed by atoms with E-state index in [1.165, 1.54) is 10.9 Å². The fourth-order valence-electron chi connectivity index (χ4n) is 1.40. The Morgan fingerprint density at radius 1 is 1.50 bits per heavy atom. The summed E-state index contributed by atoms with van der Waals surface area (Å²) in [5, 5.41) is 5.96. The summed E-state index contributed by atoms with van der Waals surface area (Å²) in [6.45, 7) is 0.220. The van der Waals surface area contributed by atoms with E-state index < -0.39 is 6.80 Å². The van der Waals surface area contributed by atoms with Crippen molar-refractivity contribution in [2.45, 2.75) is 6.42 Å². The second kappa shape index (κ2) is 4.48. The highest BCUT2D eigenvalue weighted by molar-refractivity contribution is 7.16. The van der Waals surface area contributed by atoms with Crippen LogP contribution in [-0.4, -0.2) is 18.3 Å². The summed E-state index contributed by atoms with van der Waals surface area (Å²) >= 11 is 1.64. The molecule has 0 radical (unpaired) electrons. The zero-order valence-electron chi connectivity index (χ0n) is 7.66. The third-order valence-corrected chi connectivity index (χ3v) is 3.05. The molecule has 0 bridgehead atoms. The first-order valence-electron chi connectivity index (χ1n) is 4.49. The van der Waals surface area contributed by atoms with Gasteiger partial charge in [-0.1, -0.05) is 6.07 Å². The van der Waals surface area contributed by atoms with Gasteiger partial charge in [0.1, 0.15) is 11.6 Å². The molecule has 74 valence electrons. The minimum absolute atomic E-state index is 0.458. The van der Waals surface area contributed by atoms with Gasteiger partial charge in [-0.15, -0.1) is 11.3 Å². The Morgan fingerprint density at radius 2 is 2.43 bits per heavy atom. The molecule has 2 aromatic heterocycles. The van der Waals surface area contributed by atoms with Gasteiger partial charge in [0.15, 0.2) is 0 Å². The van der Waals surface area contributed by atoms with E-state index in [4.69, 9.17) is 0 Å². The van der Waals surface area contributed by atoms with Crippen molar-refractivity contribution in [3.05, 3.63) is 29.3 Å². The number of rotatable bonds is 4. The van der Waals surface area contributed by atoms with Crippen LogP contribution < -0.4 is 5.32 Å². The van der Waals surface area contributed by atoms with Crippen LogP contribution in [0.2, 0.25) is 0 Å². The number of nitrogens with one attached hydrogen (secondary N) is 1. The van der Waals surface area contributed by atoms with Gasteiger partial charge in [0.25, 0.3) is 0 Å². The van der Waals surface area contributed by atoms with Crippen LogP contribution in [-0.2, 0) is 6.42 Å². The molecule has 14 heavy (non-hydrogen) atoms. The third kappa shape index (κ3) is 1.91. The predicted molar refractivity (Wildman–Crippen MR) is 57.3 cm³/mol. The monoisotopic (exact) mass is 210 g/mol. The second-order valence-corrected chi connectivity index (χ2v) is 3.86. The lowest BCUT2D eigenvalue weighted by Gasteiger charge is -1.98. The molecule has 2 aromatic rings. The lowest BCUT2D eigenvalue weighted by molar-refractivity contribution is 0.428. The van der Waals surface area contributed by atoms with Crippen LogP contribution >= 0.6 is 11.3 Å². The molecule has 0 aliphatic carbocycles. The first-order valence-corrected chi connectivity index (χ1v) is 5.37. The van der Waals surface area contributed by atoms with E-state index in [1.54, 1.807) is 17.5 Å². The van der Waals surface area contributed by atoms with Crippen LogP contribution in [0.15, 0.2) is 23.7 Å². The molecular weight excluding hydrogens is 199 g/mol. The molecule has 0 spiro atoms. The zero-order chi connectivity index (χ0) is 9.80. The Balaban J connectivity index is 2.17. The molecule has 2 heterocycles. The quantitative estimate of drug-likeness (QED) is 0.619. The number of nitrogens with zero attached hydrogens (tertiary/aromatic N) is 1. The third-order valence-electron chi connectivity index (χ3n) is 2.10.